The fraction of sp³-hybridized carbons (Fsp3) is 0.353. The molecule has 0 heterocycles. The number of rotatable bonds is 11. The van der Waals surface area contributed by atoms with Crippen molar-refractivity contribution < 1.29 is 34.2 Å². The summed E-state index contributed by atoms with van der Waals surface area (Å²) in [5.74, 6) is -5.06. The van der Waals surface area contributed by atoms with Crippen LogP contribution in [0, 0.1) is 0 Å². The zero-order chi connectivity index (χ0) is 22.1. The summed E-state index contributed by atoms with van der Waals surface area (Å²) in [6.45, 7) is 0. The zero-order valence-electron chi connectivity index (χ0n) is 15.3. The Balaban J connectivity index is 2.88. The minimum atomic E-state index is -1.50. The Morgan fingerprint density at radius 3 is 1.86 bits per heavy atom. The van der Waals surface area contributed by atoms with Crippen LogP contribution in [0.4, 0.5) is 0 Å². The Kier molecular flexibility index (Phi) is 8.55. The number of hydrogen-bond acceptors (Lipinski definition) is 7. The van der Waals surface area contributed by atoms with Gasteiger partial charge in [0.15, 0.2) is 0 Å². The van der Waals surface area contributed by atoms with Crippen LogP contribution in [0.2, 0.25) is 0 Å². The molecule has 12 nitrogen and oxygen atoms in total. The SMILES string of the molecule is NC(=O)C[C@H](NC(=O)[C@@H](N)CC(N)=O)C(=O)N[C@@H](Cc1ccc(O)cc1)C(=O)O. The summed E-state index contributed by atoms with van der Waals surface area (Å²) in [5, 5.41) is 23.0. The zero-order valence-corrected chi connectivity index (χ0v) is 15.3. The number of benzene rings is 1. The molecule has 3 atom stereocenters. The van der Waals surface area contributed by atoms with Crippen molar-refractivity contribution in [3.63, 3.8) is 0 Å². The summed E-state index contributed by atoms with van der Waals surface area (Å²) >= 11 is 0. The molecule has 4 amide bonds. The Morgan fingerprint density at radius 1 is 0.862 bits per heavy atom. The molecule has 0 aliphatic rings. The number of primary amides is 2. The van der Waals surface area contributed by atoms with Gasteiger partial charge in [0.1, 0.15) is 17.8 Å². The molecule has 10 N–H and O–H groups in total. The Labute approximate surface area is 165 Å². The van der Waals surface area contributed by atoms with E-state index in [2.05, 4.69) is 10.6 Å². The summed E-state index contributed by atoms with van der Waals surface area (Å²) < 4.78 is 0. The molecule has 0 fully saturated rings. The first kappa shape index (κ1) is 23.4. The summed E-state index contributed by atoms with van der Waals surface area (Å²) in [7, 11) is 0. The van der Waals surface area contributed by atoms with Crippen LogP contribution >= 0.6 is 0 Å². The van der Waals surface area contributed by atoms with Crippen LogP contribution in [-0.4, -0.2) is 57.9 Å². The predicted octanol–water partition coefficient (Wildman–Crippen LogP) is -2.93. The van der Waals surface area contributed by atoms with Gasteiger partial charge in [-0.2, -0.15) is 0 Å². The molecular weight excluding hydrogens is 386 g/mol. The van der Waals surface area contributed by atoms with Crippen molar-refractivity contribution in [1.82, 2.24) is 10.6 Å². The number of amides is 4. The Hall–Kier alpha value is -3.67. The molecule has 0 bridgehead atoms. The monoisotopic (exact) mass is 409 g/mol. The summed E-state index contributed by atoms with van der Waals surface area (Å²) in [6, 6.07) is 1.41. The molecule has 158 valence electrons. The fourth-order valence-corrected chi connectivity index (χ4v) is 2.34. The Morgan fingerprint density at radius 2 is 1.38 bits per heavy atom. The number of aliphatic carboxylic acids is 1. The van der Waals surface area contributed by atoms with Crippen LogP contribution in [0.5, 0.6) is 5.75 Å². The molecule has 0 radical (unpaired) electrons. The first-order valence-corrected chi connectivity index (χ1v) is 8.43. The summed E-state index contributed by atoms with van der Waals surface area (Å²) in [6.07, 6.45) is -1.23. The lowest BCUT2D eigenvalue weighted by Crippen LogP contribution is -2.56. The van der Waals surface area contributed by atoms with E-state index in [1.165, 1.54) is 24.3 Å². The van der Waals surface area contributed by atoms with E-state index in [0.29, 0.717) is 5.56 Å². The van der Waals surface area contributed by atoms with Crippen molar-refractivity contribution in [3.8, 4) is 5.75 Å². The van der Waals surface area contributed by atoms with Crippen molar-refractivity contribution in [2.24, 2.45) is 17.2 Å². The second kappa shape index (κ2) is 10.6. The Bertz CT molecular complexity index is 781. The molecule has 29 heavy (non-hydrogen) atoms. The van der Waals surface area contributed by atoms with Gasteiger partial charge in [0.2, 0.25) is 23.6 Å². The number of hydrogen-bond donors (Lipinski definition) is 7. The van der Waals surface area contributed by atoms with Crippen LogP contribution in [0.15, 0.2) is 24.3 Å². The molecule has 0 aromatic heterocycles. The highest BCUT2D eigenvalue weighted by Gasteiger charge is 2.29. The summed E-state index contributed by atoms with van der Waals surface area (Å²) in [5.41, 5.74) is 16.0. The third-order valence-corrected chi connectivity index (χ3v) is 3.79. The van der Waals surface area contributed by atoms with Gasteiger partial charge in [0, 0.05) is 6.42 Å². The van der Waals surface area contributed by atoms with Gasteiger partial charge in [-0.05, 0) is 17.7 Å². The van der Waals surface area contributed by atoms with Gasteiger partial charge >= 0.3 is 5.97 Å². The number of nitrogens with one attached hydrogen (secondary N) is 2. The van der Waals surface area contributed by atoms with Crippen molar-refractivity contribution in [2.45, 2.75) is 37.4 Å². The lowest BCUT2D eigenvalue weighted by Gasteiger charge is -2.22. The predicted molar refractivity (Wildman–Crippen MR) is 98.9 cm³/mol. The highest BCUT2D eigenvalue weighted by molar-refractivity contribution is 5.95. The third kappa shape index (κ3) is 8.26. The maximum Gasteiger partial charge on any atom is 0.326 e. The molecule has 1 aromatic rings. The largest absolute Gasteiger partial charge is 0.508 e. The number of carbonyl (C=O) groups excluding carboxylic acids is 4. The quantitative estimate of drug-likeness (QED) is 0.199. The molecular formula is C17H23N5O7. The number of carboxylic acids is 1. The van der Waals surface area contributed by atoms with Gasteiger partial charge in [-0.3, -0.25) is 19.2 Å². The lowest BCUT2D eigenvalue weighted by atomic mass is 10.0. The van der Waals surface area contributed by atoms with Gasteiger partial charge in [0.25, 0.3) is 0 Å². The van der Waals surface area contributed by atoms with Crippen molar-refractivity contribution in [2.75, 3.05) is 0 Å². The van der Waals surface area contributed by atoms with Crippen LogP contribution in [-0.2, 0) is 30.4 Å². The van der Waals surface area contributed by atoms with E-state index in [9.17, 15) is 34.2 Å². The molecule has 0 saturated heterocycles. The molecule has 0 aliphatic heterocycles. The number of phenols is 1. The molecule has 12 heteroatoms. The normalized spacial score (nSPS) is 13.6. The smallest absolute Gasteiger partial charge is 0.326 e. The van der Waals surface area contributed by atoms with Crippen LogP contribution in [0.1, 0.15) is 18.4 Å². The molecule has 1 rings (SSSR count). The number of carbonyl (C=O) groups is 5. The summed E-state index contributed by atoms with van der Waals surface area (Å²) in [4.78, 5) is 58.0. The fourth-order valence-electron chi connectivity index (χ4n) is 2.34. The topological polar surface area (TPSA) is 228 Å². The van der Waals surface area contributed by atoms with E-state index in [1.807, 2.05) is 0 Å². The standard InChI is InChI=1S/C17H23N5O7/c18-10(6-13(19)24)15(26)21-11(7-14(20)25)16(27)22-12(17(28)29)5-8-1-3-9(23)4-2-8/h1-4,10-12,23H,5-7,18H2,(H2,19,24)(H2,20,25)(H,21,26)(H,22,27)(H,28,29)/t10-,11-,12-/m0/s1. The minimum Gasteiger partial charge on any atom is -0.508 e. The van der Waals surface area contributed by atoms with Gasteiger partial charge < -0.3 is 38.0 Å². The number of aromatic hydroxyl groups is 1. The second-order valence-electron chi connectivity index (χ2n) is 6.28. The highest BCUT2D eigenvalue weighted by Crippen LogP contribution is 2.11. The average molecular weight is 409 g/mol. The molecule has 1 aromatic carbocycles. The van der Waals surface area contributed by atoms with E-state index in [1.54, 1.807) is 0 Å². The minimum absolute atomic E-state index is 0.0128. The van der Waals surface area contributed by atoms with Gasteiger partial charge in [-0.1, -0.05) is 12.1 Å². The van der Waals surface area contributed by atoms with Gasteiger partial charge in [-0.25, -0.2) is 4.79 Å². The third-order valence-electron chi connectivity index (χ3n) is 3.79. The van der Waals surface area contributed by atoms with E-state index < -0.39 is 60.6 Å². The maximum atomic E-state index is 12.4. The van der Waals surface area contributed by atoms with Crippen molar-refractivity contribution in [3.05, 3.63) is 29.8 Å². The van der Waals surface area contributed by atoms with Crippen molar-refractivity contribution in [1.29, 1.82) is 0 Å². The molecule has 0 unspecified atom stereocenters. The van der Waals surface area contributed by atoms with Crippen LogP contribution in [0.3, 0.4) is 0 Å². The number of nitrogens with two attached hydrogens (primary N) is 3. The maximum absolute atomic E-state index is 12.4. The van der Waals surface area contributed by atoms with Gasteiger partial charge in [0.05, 0.1) is 18.9 Å². The average Bonchev–Trinajstić information content (AvgIpc) is 2.61. The second-order valence-corrected chi connectivity index (χ2v) is 6.28. The molecule has 0 saturated carbocycles. The lowest BCUT2D eigenvalue weighted by molar-refractivity contribution is -0.142. The first-order chi connectivity index (χ1) is 13.5. The van der Waals surface area contributed by atoms with Crippen LogP contribution < -0.4 is 27.8 Å². The highest BCUT2D eigenvalue weighted by atomic mass is 16.4. The van der Waals surface area contributed by atoms with Crippen molar-refractivity contribution >= 4 is 29.6 Å². The van der Waals surface area contributed by atoms with Gasteiger partial charge in [-0.15, -0.1) is 0 Å². The molecule has 0 spiro atoms. The molecule has 0 aliphatic carbocycles. The number of carboxylic acid groups (broad SMARTS) is 1. The van der Waals surface area contributed by atoms with E-state index >= 15 is 0 Å². The van der Waals surface area contributed by atoms with E-state index in [4.69, 9.17) is 17.2 Å². The first-order valence-electron chi connectivity index (χ1n) is 8.43. The van der Waals surface area contributed by atoms with E-state index in [-0.39, 0.29) is 12.2 Å². The van der Waals surface area contributed by atoms with Crippen LogP contribution in [0.25, 0.3) is 0 Å². The number of phenolic OH excluding ortho intramolecular Hbond substituents is 1. The van der Waals surface area contributed by atoms with E-state index in [0.717, 1.165) is 0 Å².